The number of aromatic nitrogens is 5. The van der Waals surface area contributed by atoms with E-state index in [1.54, 1.807) is 18.7 Å². The highest BCUT2D eigenvalue weighted by Crippen LogP contribution is 2.30. The lowest BCUT2D eigenvalue weighted by Gasteiger charge is -2.31. The van der Waals surface area contributed by atoms with E-state index in [0.29, 0.717) is 19.5 Å². The lowest BCUT2D eigenvalue weighted by atomic mass is 10.0. The van der Waals surface area contributed by atoms with Crippen LogP contribution in [0.15, 0.2) is 42.9 Å². The summed E-state index contributed by atoms with van der Waals surface area (Å²) in [4.78, 5) is 26.5. The highest BCUT2D eigenvalue weighted by Gasteiger charge is 2.25. The van der Waals surface area contributed by atoms with Gasteiger partial charge in [-0.05, 0) is 50.1 Å². The molecule has 176 valence electrons. The molecule has 1 aliphatic rings. The number of nitrogens with one attached hydrogen (secondary N) is 3. The Labute approximate surface area is 196 Å². The van der Waals surface area contributed by atoms with Crippen LogP contribution in [-0.4, -0.2) is 66.0 Å². The Morgan fingerprint density at radius 3 is 2.88 bits per heavy atom. The number of urea groups is 1. The van der Waals surface area contributed by atoms with E-state index < -0.39 is 5.54 Å². The fourth-order valence-electron chi connectivity index (χ4n) is 4.10. The smallest absolute Gasteiger partial charge is 0.318 e. The summed E-state index contributed by atoms with van der Waals surface area (Å²) in [6.45, 7) is 4.57. The molecular formula is C24H28N8O2. The van der Waals surface area contributed by atoms with E-state index in [1.807, 2.05) is 36.1 Å². The van der Waals surface area contributed by atoms with Gasteiger partial charge in [0.15, 0.2) is 0 Å². The van der Waals surface area contributed by atoms with E-state index in [1.165, 1.54) is 6.33 Å². The topological polar surface area (TPSA) is 124 Å². The Bertz CT molecular complexity index is 1400. The Morgan fingerprint density at radius 1 is 1.26 bits per heavy atom. The van der Waals surface area contributed by atoms with E-state index >= 15 is 0 Å². The number of aliphatic hydroxyl groups excluding tert-OH is 1. The molecule has 1 aromatic carbocycles. The van der Waals surface area contributed by atoms with Crippen molar-refractivity contribution in [2.75, 3.05) is 25.0 Å². The molecule has 0 spiro atoms. The van der Waals surface area contributed by atoms with E-state index in [4.69, 9.17) is 0 Å². The number of rotatable bonds is 5. The fraction of sp³-hybridized carbons (Fsp3) is 0.333. The zero-order chi connectivity index (χ0) is 23.9. The maximum Gasteiger partial charge on any atom is 0.318 e. The monoisotopic (exact) mass is 460 g/mol. The molecule has 0 radical (unpaired) electrons. The van der Waals surface area contributed by atoms with Gasteiger partial charge >= 0.3 is 6.03 Å². The number of aromatic amines is 1. The fourth-order valence-corrected chi connectivity index (χ4v) is 4.10. The largest absolute Gasteiger partial charge is 0.394 e. The maximum atomic E-state index is 12.5. The third-order valence-corrected chi connectivity index (χ3v) is 6.12. The lowest BCUT2D eigenvalue weighted by Crippen LogP contribution is -2.52. The van der Waals surface area contributed by atoms with E-state index in [2.05, 4.69) is 42.8 Å². The van der Waals surface area contributed by atoms with Crippen molar-refractivity contribution in [3.8, 4) is 0 Å². The standard InChI is InChI=1S/C24H28N8O2/c1-24(2,13-33)30-23(34)32-8-6-15(7-9-32)19-11-18-21(25-14-26-22(18)29-19)28-17-4-5-20-16(10-17)12-27-31(20)3/h4-6,10-12,14,33H,7-9,13H2,1-3H3,(H,30,34)(H2,25,26,28,29). The molecule has 3 aromatic heterocycles. The molecule has 10 nitrogen and oxygen atoms in total. The zero-order valence-electron chi connectivity index (χ0n) is 19.5. The lowest BCUT2D eigenvalue weighted by molar-refractivity contribution is 0.161. The Hall–Kier alpha value is -3.92. The summed E-state index contributed by atoms with van der Waals surface area (Å²) >= 11 is 0. The van der Waals surface area contributed by atoms with Crippen LogP contribution in [0.4, 0.5) is 16.3 Å². The van der Waals surface area contributed by atoms with Crippen LogP contribution in [0, 0.1) is 0 Å². The molecule has 0 atom stereocenters. The van der Waals surface area contributed by atoms with Gasteiger partial charge in [0.05, 0.1) is 29.2 Å². The SMILES string of the molecule is Cn1ncc2cc(Nc3ncnc4[nH]c(C5=CCN(C(=O)NC(C)(C)CO)CC5)cc34)ccc21. The molecule has 0 fully saturated rings. The molecule has 5 rings (SSSR count). The number of carbonyl (C=O) groups is 1. The molecule has 4 aromatic rings. The summed E-state index contributed by atoms with van der Waals surface area (Å²) in [7, 11) is 1.92. The second kappa shape index (κ2) is 8.45. The highest BCUT2D eigenvalue weighted by molar-refractivity contribution is 5.93. The quantitative estimate of drug-likeness (QED) is 0.363. The average molecular weight is 461 g/mol. The van der Waals surface area contributed by atoms with E-state index in [0.717, 1.165) is 44.7 Å². The van der Waals surface area contributed by atoms with Crippen LogP contribution in [-0.2, 0) is 7.05 Å². The van der Waals surface area contributed by atoms with Gasteiger partial charge in [-0.3, -0.25) is 4.68 Å². The highest BCUT2D eigenvalue weighted by atomic mass is 16.3. The van der Waals surface area contributed by atoms with Crippen LogP contribution in [0.25, 0.3) is 27.5 Å². The minimum Gasteiger partial charge on any atom is -0.394 e. The van der Waals surface area contributed by atoms with E-state index in [9.17, 15) is 9.90 Å². The number of nitrogens with zero attached hydrogens (tertiary/aromatic N) is 5. The van der Waals surface area contributed by atoms with Crippen molar-refractivity contribution < 1.29 is 9.90 Å². The summed E-state index contributed by atoms with van der Waals surface area (Å²) in [6.07, 6.45) is 6.15. The predicted octanol–water partition coefficient (Wildman–Crippen LogP) is 3.16. The Morgan fingerprint density at radius 2 is 2.12 bits per heavy atom. The molecule has 4 heterocycles. The second-order valence-electron chi connectivity index (χ2n) is 9.23. The summed E-state index contributed by atoms with van der Waals surface area (Å²) in [5.41, 5.74) is 4.19. The van der Waals surface area contributed by atoms with E-state index in [-0.39, 0.29) is 12.6 Å². The number of fused-ring (bicyclic) bond motifs is 2. The number of hydrogen-bond donors (Lipinski definition) is 4. The zero-order valence-corrected chi connectivity index (χ0v) is 19.5. The van der Waals surface area contributed by atoms with Crippen LogP contribution in [0.2, 0.25) is 0 Å². The molecular weight excluding hydrogens is 432 g/mol. The van der Waals surface area contributed by atoms with Crippen molar-refractivity contribution >= 4 is 45.0 Å². The van der Waals surface area contributed by atoms with Crippen molar-refractivity contribution in [1.29, 1.82) is 0 Å². The normalized spacial score (nSPS) is 14.5. The molecule has 0 saturated heterocycles. The number of anilines is 2. The van der Waals surface area contributed by atoms with Gasteiger partial charge in [0.25, 0.3) is 0 Å². The van der Waals surface area contributed by atoms with Gasteiger partial charge in [-0.2, -0.15) is 5.10 Å². The molecule has 2 amide bonds. The van der Waals surface area contributed by atoms with Crippen molar-refractivity contribution in [3.63, 3.8) is 0 Å². The van der Waals surface area contributed by atoms with Gasteiger partial charge in [0.1, 0.15) is 17.8 Å². The van der Waals surface area contributed by atoms with Crippen LogP contribution >= 0.6 is 0 Å². The molecule has 0 bridgehead atoms. The third kappa shape index (κ3) is 4.19. The molecule has 4 N–H and O–H groups in total. The first-order valence-electron chi connectivity index (χ1n) is 11.2. The molecule has 0 unspecified atom stereocenters. The average Bonchev–Trinajstić information content (AvgIpc) is 3.43. The number of carbonyl (C=O) groups excluding carboxylic acids is 1. The van der Waals surface area contributed by atoms with Crippen LogP contribution < -0.4 is 10.6 Å². The number of amides is 2. The van der Waals surface area contributed by atoms with Crippen molar-refractivity contribution in [3.05, 3.63) is 48.6 Å². The predicted molar refractivity (Wildman–Crippen MR) is 132 cm³/mol. The first-order valence-corrected chi connectivity index (χ1v) is 11.2. The van der Waals surface area contributed by atoms with Gasteiger partial charge in [-0.15, -0.1) is 0 Å². The summed E-state index contributed by atoms with van der Waals surface area (Å²) in [6, 6.07) is 7.96. The van der Waals surface area contributed by atoms with Crippen molar-refractivity contribution in [2.24, 2.45) is 7.05 Å². The van der Waals surface area contributed by atoms with Crippen LogP contribution in [0.3, 0.4) is 0 Å². The Kier molecular flexibility index (Phi) is 5.45. The maximum absolute atomic E-state index is 12.5. The molecule has 34 heavy (non-hydrogen) atoms. The molecule has 0 aliphatic carbocycles. The number of aryl methyl sites for hydroxylation is 1. The number of hydrogen-bond acceptors (Lipinski definition) is 6. The van der Waals surface area contributed by atoms with Gasteiger partial charge in [-0.1, -0.05) is 6.08 Å². The van der Waals surface area contributed by atoms with Gasteiger partial charge in [-0.25, -0.2) is 14.8 Å². The number of H-pyrrole nitrogens is 1. The minimum atomic E-state index is -0.651. The van der Waals surface area contributed by atoms with Gasteiger partial charge < -0.3 is 25.6 Å². The summed E-state index contributed by atoms with van der Waals surface area (Å²) < 4.78 is 1.84. The summed E-state index contributed by atoms with van der Waals surface area (Å²) in [5, 5.41) is 21.9. The first-order chi connectivity index (χ1) is 16.3. The molecule has 1 aliphatic heterocycles. The number of aliphatic hydroxyl groups is 1. The van der Waals surface area contributed by atoms with Crippen LogP contribution in [0.5, 0.6) is 0 Å². The minimum absolute atomic E-state index is 0.115. The van der Waals surface area contributed by atoms with Gasteiger partial charge in [0, 0.05) is 36.9 Å². The van der Waals surface area contributed by atoms with Gasteiger partial charge in [0.2, 0.25) is 0 Å². The molecule has 0 saturated carbocycles. The molecule has 10 heteroatoms. The van der Waals surface area contributed by atoms with Crippen molar-refractivity contribution in [1.82, 2.24) is 34.9 Å². The third-order valence-electron chi connectivity index (χ3n) is 6.12. The van der Waals surface area contributed by atoms with Crippen LogP contribution in [0.1, 0.15) is 26.0 Å². The second-order valence-corrected chi connectivity index (χ2v) is 9.23. The number of benzene rings is 1. The first kappa shape index (κ1) is 21.9. The van der Waals surface area contributed by atoms with Crippen molar-refractivity contribution in [2.45, 2.75) is 25.8 Å². The summed E-state index contributed by atoms with van der Waals surface area (Å²) in [5.74, 6) is 0.722. The Balaban J connectivity index is 1.35.